The minimum atomic E-state index is -4.11. The molecule has 1 aliphatic rings. The van der Waals surface area contributed by atoms with Crippen LogP contribution in [0.3, 0.4) is 0 Å². The van der Waals surface area contributed by atoms with Gasteiger partial charge in [0, 0.05) is 19.6 Å². The van der Waals surface area contributed by atoms with Gasteiger partial charge in [0.15, 0.2) is 23.0 Å². The van der Waals surface area contributed by atoms with Crippen LogP contribution in [0.2, 0.25) is 0 Å². The fourth-order valence-electron chi connectivity index (χ4n) is 3.34. The van der Waals surface area contributed by atoms with Crippen LogP contribution in [0.4, 0.5) is 0 Å². The molecular formula is C19H24N2O6S. The van der Waals surface area contributed by atoms with Gasteiger partial charge in [-0.3, -0.25) is 4.90 Å². The zero-order chi connectivity index (χ0) is 20.3. The van der Waals surface area contributed by atoms with Crippen LogP contribution in [0.15, 0.2) is 30.3 Å². The normalized spacial score (nSPS) is 14.3. The summed E-state index contributed by atoms with van der Waals surface area (Å²) < 4.78 is 43.3. The van der Waals surface area contributed by atoms with E-state index in [0.717, 1.165) is 36.2 Å². The molecule has 2 aromatic rings. The Bertz CT molecular complexity index is 961. The first-order valence-electron chi connectivity index (χ1n) is 8.68. The molecule has 0 unspecified atom stereocenters. The molecule has 0 spiro atoms. The number of ether oxygens (including phenoxy) is 3. The Kier molecular flexibility index (Phi) is 5.97. The van der Waals surface area contributed by atoms with Crippen LogP contribution in [0.25, 0.3) is 0 Å². The van der Waals surface area contributed by atoms with Gasteiger partial charge in [0.25, 0.3) is 0 Å². The first kappa shape index (κ1) is 20.2. The number of hydrogen-bond donors (Lipinski definition) is 1. The Hall–Kier alpha value is -2.49. The highest BCUT2D eigenvalue weighted by atomic mass is 32.2. The predicted octanol–water partition coefficient (Wildman–Crippen LogP) is 1.85. The molecule has 0 saturated carbocycles. The summed E-state index contributed by atoms with van der Waals surface area (Å²) in [5.41, 5.74) is 3.19. The number of methoxy groups -OCH3 is 3. The van der Waals surface area contributed by atoms with Crippen LogP contribution in [0, 0.1) is 0 Å². The Morgan fingerprint density at radius 1 is 0.929 bits per heavy atom. The largest absolute Gasteiger partial charge is 0.493 e. The van der Waals surface area contributed by atoms with Crippen LogP contribution in [0.1, 0.15) is 16.7 Å². The van der Waals surface area contributed by atoms with E-state index in [1.165, 1.54) is 7.11 Å². The lowest BCUT2D eigenvalue weighted by molar-refractivity contribution is 0.244. The quantitative estimate of drug-likeness (QED) is 0.746. The van der Waals surface area contributed by atoms with E-state index in [2.05, 4.69) is 4.90 Å². The van der Waals surface area contributed by atoms with Gasteiger partial charge in [0.2, 0.25) is 0 Å². The van der Waals surface area contributed by atoms with Crippen molar-refractivity contribution in [1.82, 2.24) is 4.90 Å². The van der Waals surface area contributed by atoms with Crippen molar-refractivity contribution < 1.29 is 26.8 Å². The minimum absolute atomic E-state index is 0.108. The number of nitrogens with zero attached hydrogens (tertiary/aromatic N) is 1. The molecule has 28 heavy (non-hydrogen) atoms. The summed E-state index contributed by atoms with van der Waals surface area (Å²) in [7, 11) is 0.576. The highest BCUT2D eigenvalue weighted by Gasteiger charge is 2.21. The third-order valence-corrected chi connectivity index (χ3v) is 5.05. The van der Waals surface area contributed by atoms with Crippen molar-refractivity contribution in [3.05, 3.63) is 47.0 Å². The zero-order valence-corrected chi connectivity index (χ0v) is 16.9. The summed E-state index contributed by atoms with van der Waals surface area (Å²) in [6.45, 7) is 2.27. The molecular weight excluding hydrogens is 384 g/mol. The molecule has 0 aliphatic carbocycles. The molecule has 0 fully saturated rings. The number of nitrogens with two attached hydrogens (primary N) is 1. The fraction of sp³-hybridized carbons (Fsp3) is 0.368. The van der Waals surface area contributed by atoms with Crippen LogP contribution < -0.4 is 23.5 Å². The minimum Gasteiger partial charge on any atom is -0.493 e. The number of benzene rings is 2. The molecule has 0 amide bonds. The summed E-state index contributed by atoms with van der Waals surface area (Å²) in [4.78, 5) is 2.29. The van der Waals surface area contributed by atoms with Gasteiger partial charge in [0.05, 0.1) is 21.3 Å². The Morgan fingerprint density at radius 2 is 1.57 bits per heavy atom. The SMILES string of the molecule is COc1ccc(CN2CCc3cc(OS(N)(=O)=O)c(OC)cc3C2)cc1OC. The highest BCUT2D eigenvalue weighted by Crippen LogP contribution is 2.35. The molecule has 0 bridgehead atoms. The maximum Gasteiger partial charge on any atom is 0.380 e. The fourth-order valence-corrected chi connectivity index (χ4v) is 3.73. The molecule has 9 heteroatoms. The second kappa shape index (κ2) is 8.26. The van der Waals surface area contributed by atoms with E-state index in [1.54, 1.807) is 26.4 Å². The van der Waals surface area contributed by atoms with E-state index in [4.69, 9.17) is 23.5 Å². The third kappa shape index (κ3) is 4.67. The van der Waals surface area contributed by atoms with E-state index in [1.807, 2.05) is 18.2 Å². The molecule has 8 nitrogen and oxygen atoms in total. The van der Waals surface area contributed by atoms with Gasteiger partial charge in [-0.1, -0.05) is 6.07 Å². The van der Waals surface area contributed by atoms with Gasteiger partial charge in [-0.25, -0.2) is 0 Å². The Labute approximate surface area is 165 Å². The average Bonchev–Trinajstić information content (AvgIpc) is 2.66. The average molecular weight is 408 g/mol. The molecule has 2 N–H and O–H groups in total. The predicted molar refractivity (Wildman–Crippen MR) is 104 cm³/mol. The third-order valence-electron chi connectivity index (χ3n) is 4.64. The number of rotatable bonds is 7. The first-order chi connectivity index (χ1) is 13.3. The molecule has 0 saturated heterocycles. The standard InChI is InChI=1S/C19H24N2O6S/c1-24-16-5-4-13(8-17(16)25-2)11-21-7-6-14-9-19(27-28(20,22)23)18(26-3)10-15(14)12-21/h4-5,8-10H,6-7,11-12H2,1-3H3,(H2,20,22,23). The van der Waals surface area contributed by atoms with Gasteiger partial charge in [-0.2, -0.15) is 13.6 Å². The van der Waals surface area contributed by atoms with E-state index >= 15 is 0 Å². The molecule has 3 rings (SSSR count). The summed E-state index contributed by atoms with van der Waals surface area (Å²) in [5, 5.41) is 4.99. The van der Waals surface area contributed by atoms with Crippen molar-refractivity contribution in [2.24, 2.45) is 5.14 Å². The summed E-state index contributed by atoms with van der Waals surface area (Å²) in [5.74, 6) is 1.84. The summed E-state index contributed by atoms with van der Waals surface area (Å²) in [6.07, 6.45) is 0.758. The molecule has 0 atom stereocenters. The topological polar surface area (TPSA) is 100 Å². The van der Waals surface area contributed by atoms with Crippen molar-refractivity contribution in [2.75, 3.05) is 27.9 Å². The summed E-state index contributed by atoms with van der Waals surface area (Å²) in [6, 6.07) is 9.37. The monoisotopic (exact) mass is 408 g/mol. The molecule has 1 heterocycles. The zero-order valence-electron chi connectivity index (χ0n) is 16.1. The van der Waals surface area contributed by atoms with E-state index in [9.17, 15) is 8.42 Å². The van der Waals surface area contributed by atoms with E-state index in [-0.39, 0.29) is 5.75 Å². The van der Waals surface area contributed by atoms with Crippen molar-refractivity contribution in [3.8, 4) is 23.0 Å². The first-order valence-corrected chi connectivity index (χ1v) is 10.2. The van der Waals surface area contributed by atoms with E-state index in [0.29, 0.717) is 23.8 Å². The Balaban J connectivity index is 1.79. The van der Waals surface area contributed by atoms with Gasteiger partial charge < -0.3 is 18.4 Å². The van der Waals surface area contributed by atoms with Crippen LogP contribution in [-0.4, -0.2) is 41.2 Å². The second-order valence-electron chi connectivity index (χ2n) is 6.50. The number of fused-ring (bicyclic) bond motifs is 1. The van der Waals surface area contributed by atoms with Crippen molar-refractivity contribution in [2.45, 2.75) is 19.5 Å². The van der Waals surface area contributed by atoms with E-state index < -0.39 is 10.3 Å². The van der Waals surface area contributed by atoms with Crippen LogP contribution in [-0.2, 0) is 29.8 Å². The van der Waals surface area contributed by atoms with Gasteiger partial charge in [-0.05, 0) is 47.4 Å². The van der Waals surface area contributed by atoms with Crippen LogP contribution >= 0.6 is 0 Å². The highest BCUT2D eigenvalue weighted by molar-refractivity contribution is 7.84. The number of hydrogen-bond acceptors (Lipinski definition) is 7. The van der Waals surface area contributed by atoms with Gasteiger partial charge in [-0.15, -0.1) is 0 Å². The van der Waals surface area contributed by atoms with Gasteiger partial charge >= 0.3 is 10.3 Å². The lowest BCUT2D eigenvalue weighted by Gasteiger charge is -2.29. The molecule has 0 radical (unpaired) electrons. The molecule has 2 aromatic carbocycles. The molecule has 0 aromatic heterocycles. The maximum atomic E-state index is 11.3. The van der Waals surface area contributed by atoms with Gasteiger partial charge in [0.1, 0.15) is 0 Å². The lowest BCUT2D eigenvalue weighted by Crippen LogP contribution is -2.30. The second-order valence-corrected chi connectivity index (χ2v) is 7.65. The maximum absolute atomic E-state index is 11.3. The van der Waals surface area contributed by atoms with Crippen molar-refractivity contribution in [3.63, 3.8) is 0 Å². The molecule has 152 valence electrons. The lowest BCUT2D eigenvalue weighted by atomic mass is 9.98. The van der Waals surface area contributed by atoms with Crippen LogP contribution in [0.5, 0.6) is 23.0 Å². The smallest absolute Gasteiger partial charge is 0.380 e. The molecule has 1 aliphatic heterocycles. The summed E-state index contributed by atoms with van der Waals surface area (Å²) >= 11 is 0. The Morgan fingerprint density at radius 3 is 2.21 bits per heavy atom. The van der Waals surface area contributed by atoms with Crippen molar-refractivity contribution >= 4 is 10.3 Å². The van der Waals surface area contributed by atoms with Crippen molar-refractivity contribution in [1.29, 1.82) is 0 Å².